The van der Waals surface area contributed by atoms with Gasteiger partial charge in [0.1, 0.15) is 5.75 Å². The zero-order valence-corrected chi connectivity index (χ0v) is 39.8. The van der Waals surface area contributed by atoms with E-state index in [2.05, 4.69) is 0 Å². The third-order valence-electron chi connectivity index (χ3n) is 11.9. The van der Waals surface area contributed by atoms with Gasteiger partial charge in [-0.05, 0) is 100.0 Å². The molecule has 8 rings (SSSR count). The Morgan fingerprint density at radius 1 is 0.394 bits per heavy atom. The minimum Gasteiger partial charge on any atom is -0.497 e. The van der Waals surface area contributed by atoms with Crippen molar-refractivity contribution in [2.75, 3.05) is 7.11 Å². The molecule has 0 spiro atoms. The van der Waals surface area contributed by atoms with Crippen LogP contribution < -0.4 is 4.74 Å². The first kappa shape index (κ1) is 52.2. The predicted octanol–water partition coefficient (Wildman–Crippen LogP) is 12.6. The number of carboxylic acids is 3. The van der Waals surface area contributed by atoms with Crippen molar-refractivity contribution >= 4 is 68.4 Å². The van der Waals surface area contributed by atoms with Crippen LogP contribution in [0.25, 0.3) is 21.5 Å². The standard InChI is InChI=1S/2C21H18O3.C18H17ClO4/c22-20(17-7-2-1-3-8-17)14-19(21(23)24)13-15-10-11-16-6-4-5-9-18(16)12-15;22-20(18-11-10-16-8-4-5-9-17(16)13-18)14-19(21(23)24)12-15-6-2-1-3-7-15;1-23-16-8-4-13(5-9-16)17(20)11-14(18(21)22)10-12-2-6-15(19)7-3-12/h1-12,19H,13-14H2,(H,23,24);1-11,13,19H,12,14H2,(H,23,24);2-9,14H,10-11H2,1H3,(H,21,22). The van der Waals surface area contributed by atoms with Crippen molar-refractivity contribution in [3.05, 3.63) is 233 Å². The number of ether oxygens (including phenoxy) is 1. The van der Waals surface area contributed by atoms with Gasteiger partial charge in [0.15, 0.2) is 17.3 Å². The number of Topliss-reactive ketones (excluding diaryl/α,β-unsaturated/α-hetero) is 3. The molecule has 0 amide bonds. The molecule has 8 aromatic carbocycles. The number of halogens is 1. The van der Waals surface area contributed by atoms with Crippen LogP contribution in [-0.4, -0.2) is 57.7 Å². The van der Waals surface area contributed by atoms with E-state index in [0.29, 0.717) is 40.3 Å². The topological polar surface area (TPSA) is 172 Å². The van der Waals surface area contributed by atoms with Crippen LogP contribution >= 0.6 is 11.6 Å². The normalized spacial score (nSPS) is 11.9. The van der Waals surface area contributed by atoms with Crippen molar-refractivity contribution in [3.63, 3.8) is 0 Å². The summed E-state index contributed by atoms with van der Waals surface area (Å²) in [5, 5.41) is 33.1. The molecule has 0 saturated heterocycles. The second kappa shape index (κ2) is 26.0. The largest absolute Gasteiger partial charge is 0.497 e. The first-order valence-corrected chi connectivity index (χ1v) is 23.4. The van der Waals surface area contributed by atoms with Gasteiger partial charge in [0.2, 0.25) is 0 Å². The molecule has 0 radical (unpaired) electrons. The number of benzene rings is 8. The third kappa shape index (κ3) is 15.9. The fraction of sp³-hybridized carbons (Fsp3) is 0.167. The lowest BCUT2D eigenvalue weighted by Gasteiger charge is -2.12. The summed E-state index contributed by atoms with van der Waals surface area (Å²) in [6, 6.07) is 59.0. The van der Waals surface area contributed by atoms with Gasteiger partial charge in [-0.15, -0.1) is 0 Å². The van der Waals surface area contributed by atoms with Crippen molar-refractivity contribution in [1.82, 2.24) is 0 Å². The van der Waals surface area contributed by atoms with Crippen LogP contribution in [0, 0.1) is 17.8 Å². The Balaban J connectivity index is 0.000000174. The number of carboxylic acid groups (broad SMARTS) is 3. The Morgan fingerprint density at radius 3 is 1.25 bits per heavy atom. The molecule has 0 bridgehead atoms. The smallest absolute Gasteiger partial charge is 0.307 e. The van der Waals surface area contributed by atoms with Gasteiger partial charge in [-0.2, -0.15) is 0 Å². The molecule has 0 aliphatic carbocycles. The van der Waals surface area contributed by atoms with Gasteiger partial charge in [0.05, 0.1) is 24.9 Å². The number of carbonyl (C=O) groups is 6. The van der Waals surface area contributed by atoms with E-state index in [1.165, 1.54) is 0 Å². The molecule has 11 heteroatoms. The zero-order chi connectivity index (χ0) is 50.7. The molecule has 0 saturated carbocycles. The monoisotopic (exact) mass is 968 g/mol. The Morgan fingerprint density at radius 2 is 0.761 bits per heavy atom. The molecule has 8 aromatic rings. The van der Waals surface area contributed by atoms with Crippen molar-refractivity contribution in [1.29, 1.82) is 0 Å². The van der Waals surface area contributed by atoms with E-state index in [1.54, 1.807) is 86.0 Å². The van der Waals surface area contributed by atoms with Crippen LogP contribution in [-0.2, 0) is 33.6 Å². The zero-order valence-electron chi connectivity index (χ0n) is 39.0. The van der Waals surface area contributed by atoms with Crippen molar-refractivity contribution in [2.24, 2.45) is 17.8 Å². The SMILES string of the molecule is COc1ccc(C(=O)CC(Cc2ccc(Cl)cc2)C(=O)O)cc1.O=C(CC(Cc1ccc2ccccc2c1)C(=O)O)c1ccccc1.O=C(CC(Cc1ccccc1)C(=O)O)c1ccc2ccccc2c1. The quantitative estimate of drug-likeness (QED) is 0.0662. The van der Waals surface area contributed by atoms with Gasteiger partial charge in [0, 0.05) is 41.0 Å². The number of ketones is 3. The van der Waals surface area contributed by atoms with E-state index in [0.717, 1.165) is 38.2 Å². The van der Waals surface area contributed by atoms with E-state index in [4.69, 9.17) is 16.3 Å². The van der Waals surface area contributed by atoms with Crippen LogP contribution in [0.3, 0.4) is 0 Å². The molecule has 360 valence electrons. The van der Waals surface area contributed by atoms with Gasteiger partial charge in [-0.25, -0.2) is 0 Å². The van der Waals surface area contributed by atoms with E-state index >= 15 is 0 Å². The number of hydrogen-bond acceptors (Lipinski definition) is 7. The summed E-state index contributed by atoms with van der Waals surface area (Å²) in [6.45, 7) is 0. The Hall–Kier alpha value is -8.21. The fourth-order valence-electron chi connectivity index (χ4n) is 7.98. The second-order valence-electron chi connectivity index (χ2n) is 17.0. The van der Waals surface area contributed by atoms with E-state index in [-0.39, 0.29) is 43.0 Å². The highest BCUT2D eigenvalue weighted by Crippen LogP contribution is 2.24. The lowest BCUT2D eigenvalue weighted by molar-refractivity contribution is -0.142. The summed E-state index contributed by atoms with van der Waals surface area (Å²) in [4.78, 5) is 71.7. The predicted molar refractivity (Wildman–Crippen MR) is 277 cm³/mol. The third-order valence-corrected chi connectivity index (χ3v) is 12.2. The first-order valence-electron chi connectivity index (χ1n) is 23.0. The van der Waals surface area contributed by atoms with Crippen LogP contribution in [0.5, 0.6) is 5.75 Å². The van der Waals surface area contributed by atoms with Gasteiger partial charge < -0.3 is 20.1 Å². The molecule has 0 fully saturated rings. The Bertz CT molecular complexity index is 3080. The lowest BCUT2D eigenvalue weighted by atomic mass is 9.91. The fourth-order valence-corrected chi connectivity index (χ4v) is 8.11. The highest BCUT2D eigenvalue weighted by molar-refractivity contribution is 6.30. The number of rotatable bonds is 19. The summed E-state index contributed by atoms with van der Waals surface area (Å²) in [6.07, 6.45) is 0.946. The molecular formula is C60H53ClO10. The van der Waals surface area contributed by atoms with Crippen molar-refractivity contribution in [2.45, 2.75) is 38.5 Å². The highest BCUT2D eigenvalue weighted by atomic mass is 35.5. The molecule has 0 heterocycles. The maximum atomic E-state index is 12.5. The summed E-state index contributed by atoms with van der Waals surface area (Å²) >= 11 is 5.82. The highest BCUT2D eigenvalue weighted by Gasteiger charge is 2.25. The lowest BCUT2D eigenvalue weighted by Crippen LogP contribution is -2.20. The summed E-state index contributed by atoms with van der Waals surface area (Å²) in [7, 11) is 1.55. The maximum Gasteiger partial charge on any atom is 0.307 e. The first-order chi connectivity index (χ1) is 34.3. The molecule has 71 heavy (non-hydrogen) atoms. The second-order valence-corrected chi connectivity index (χ2v) is 17.5. The maximum absolute atomic E-state index is 12.5. The molecule has 0 aliphatic rings. The average molecular weight is 970 g/mol. The molecular weight excluding hydrogens is 916 g/mol. The number of carbonyl (C=O) groups excluding carboxylic acids is 3. The van der Waals surface area contributed by atoms with Gasteiger partial charge >= 0.3 is 17.9 Å². The Labute approximate surface area is 417 Å². The summed E-state index contributed by atoms with van der Waals surface area (Å²) < 4.78 is 5.04. The van der Waals surface area contributed by atoms with E-state index < -0.39 is 35.7 Å². The van der Waals surface area contributed by atoms with Crippen LogP contribution in [0.2, 0.25) is 5.02 Å². The number of methoxy groups -OCH3 is 1. The van der Waals surface area contributed by atoms with Gasteiger partial charge in [-0.1, -0.05) is 163 Å². The number of aliphatic carboxylic acids is 3. The summed E-state index contributed by atoms with van der Waals surface area (Å²) in [5.41, 5.74) is 4.30. The van der Waals surface area contributed by atoms with Gasteiger partial charge in [-0.3, -0.25) is 28.8 Å². The molecule has 10 nitrogen and oxygen atoms in total. The average Bonchev–Trinajstić information content (AvgIpc) is 3.39. The van der Waals surface area contributed by atoms with Crippen LogP contribution in [0.1, 0.15) is 67.0 Å². The summed E-state index contributed by atoms with van der Waals surface area (Å²) in [5.74, 6) is -4.89. The molecule has 3 unspecified atom stereocenters. The minimum atomic E-state index is -0.984. The molecule has 3 atom stereocenters. The van der Waals surface area contributed by atoms with Crippen molar-refractivity contribution < 1.29 is 48.8 Å². The molecule has 3 N–H and O–H groups in total. The van der Waals surface area contributed by atoms with Gasteiger partial charge in [0.25, 0.3) is 0 Å². The molecule has 0 aromatic heterocycles. The Kier molecular flexibility index (Phi) is 19.1. The van der Waals surface area contributed by atoms with Crippen molar-refractivity contribution in [3.8, 4) is 5.75 Å². The van der Waals surface area contributed by atoms with E-state index in [9.17, 15) is 44.1 Å². The van der Waals surface area contributed by atoms with Crippen LogP contribution in [0.15, 0.2) is 194 Å². The molecule has 0 aliphatic heterocycles. The minimum absolute atomic E-state index is 0.00255. The number of fused-ring (bicyclic) bond motifs is 2. The van der Waals surface area contributed by atoms with E-state index in [1.807, 2.05) is 115 Å². The van der Waals surface area contributed by atoms with Crippen LogP contribution in [0.4, 0.5) is 0 Å². The number of hydrogen-bond donors (Lipinski definition) is 3.